The molecule has 0 fully saturated rings. The zero-order valence-electron chi connectivity index (χ0n) is 13.6. The summed E-state index contributed by atoms with van der Waals surface area (Å²) in [7, 11) is 0. The van der Waals surface area contributed by atoms with Crippen LogP contribution in [0.2, 0.25) is 0 Å². The third kappa shape index (κ3) is 5.31. The van der Waals surface area contributed by atoms with E-state index < -0.39 is 0 Å². The maximum atomic E-state index is 12.2. The molecule has 0 spiro atoms. The molecule has 8 heteroatoms. The van der Waals surface area contributed by atoms with Gasteiger partial charge in [-0.15, -0.1) is 23.0 Å². The van der Waals surface area contributed by atoms with Crippen molar-refractivity contribution in [2.45, 2.75) is 32.4 Å². The number of rotatable bonds is 9. The molecule has 2 amide bonds. The second-order valence-electron chi connectivity index (χ2n) is 5.25. The Hall–Kier alpha value is -2.48. The van der Waals surface area contributed by atoms with Crippen LogP contribution in [0.25, 0.3) is 0 Å². The lowest BCUT2D eigenvalue weighted by atomic mass is 10.2. The van der Waals surface area contributed by atoms with Crippen LogP contribution in [0.3, 0.4) is 0 Å². The van der Waals surface area contributed by atoms with Gasteiger partial charge in [-0.05, 0) is 24.8 Å². The molecule has 0 aliphatic heterocycles. The highest BCUT2D eigenvalue weighted by molar-refractivity contribution is 7.10. The molecule has 0 saturated heterocycles. The average Bonchev–Trinajstić information content (AvgIpc) is 3.24. The van der Waals surface area contributed by atoms with Crippen LogP contribution in [0.1, 0.15) is 41.2 Å². The predicted octanol–water partition coefficient (Wildman–Crippen LogP) is 1.91. The monoisotopic (exact) mass is 347 g/mol. The molecule has 24 heavy (non-hydrogen) atoms. The minimum Gasteiger partial charge on any atom is -0.354 e. The first-order valence-corrected chi connectivity index (χ1v) is 8.60. The summed E-state index contributed by atoms with van der Waals surface area (Å²) >= 11 is 1.59. The maximum absolute atomic E-state index is 12.2. The van der Waals surface area contributed by atoms with Gasteiger partial charge >= 0.3 is 0 Å². The van der Waals surface area contributed by atoms with Gasteiger partial charge in [-0.1, -0.05) is 17.4 Å². The van der Waals surface area contributed by atoms with E-state index in [-0.39, 0.29) is 23.6 Å². The minimum absolute atomic E-state index is 0.0299. The molecule has 2 aromatic rings. The molecule has 2 rings (SSSR count). The van der Waals surface area contributed by atoms with Crippen molar-refractivity contribution in [2.24, 2.45) is 0 Å². The molecule has 0 aromatic carbocycles. The van der Waals surface area contributed by atoms with Crippen molar-refractivity contribution < 1.29 is 9.59 Å². The van der Waals surface area contributed by atoms with Crippen molar-refractivity contribution in [1.29, 1.82) is 0 Å². The fourth-order valence-corrected chi connectivity index (χ4v) is 2.76. The molecule has 0 unspecified atom stereocenters. The van der Waals surface area contributed by atoms with E-state index in [0.717, 1.165) is 4.88 Å². The lowest BCUT2D eigenvalue weighted by Gasteiger charge is -2.10. The largest absolute Gasteiger partial charge is 0.354 e. The molecular weight excluding hydrogens is 326 g/mol. The summed E-state index contributed by atoms with van der Waals surface area (Å²) in [5, 5.41) is 15.4. The van der Waals surface area contributed by atoms with E-state index in [1.165, 1.54) is 0 Å². The Morgan fingerprint density at radius 3 is 3.04 bits per heavy atom. The summed E-state index contributed by atoms with van der Waals surface area (Å²) in [6, 6.07) is 3.84. The molecule has 0 saturated carbocycles. The number of carbonyl (C=O) groups is 2. The van der Waals surface area contributed by atoms with Crippen molar-refractivity contribution in [3.05, 3.63) is 46.9 Å². The molecule has 7 nitrogen and oxygen atoms in total. The number of hydrogen-bond acceptors (Lipinski definition) is 5. The second kappa shape index (κ2) is 8.97. The minimum atomic E-state index is -0.267. The van der Waals surface area contributed by atoms with Gasteiger partial charge in [0.15, 0.2) is 5.69 Å². The third-order valence-corrected chi connectivity index (χ3v) is 4.38. The topological polar surface area (TPSA) is 88.9 Å². The Kier molecular flexibility index (Phi) is 6.68. The number of amides is 2. The van der Waals surface area contributed by atoms with Crippen molar-refractivity contribution in [3.8, 4) is 0 Å². The highest BCUT2D eigenvalue weighted by Gasteiger charge is 2.15. The number of nitrogens with zero attached hydrogens (tertiary/aromatic N) is 3. The average molecular weight is 347 g/mol. The van der Waals surface area contributed by atoms with Gasteiger partial charge in [0.2, 0.25) is 5.91 Å². The van der Waals surface area contributed by atoms with Crippen LogP contribution in [-0.4, -0.2) is 33.4 Å². The molecule has 0 bridgehead atoms. The quantitative estimate of drug-likeness (QED) is 0.678. The fraction of sp³-hybridized carbons (Fsp3) is 0.375. The summed E-state index contributed by atoms with van der Waals surface area (Å²) in [5.41, 5.74) is 0.261. The van der Waals surface area contributed by atoms with Crippen LogP contribution in [0.4, 0.5) is 0 Å². The highest BCUT2D eigenvalue weighted by Crippen LogP contribution is 2.18. The number of nitrogens with one attached hydrogen (secondary N) is 2. The van der Waals surface area contributed by atoms with Crippen molar-refractivity contribution in [1.82, 2.24) is 25.6 Å². The maximum Gasteiger partial charge on any atom is 0.273 e. The molecule has 0 aliphatic rings. The van der Waals surface area contributed by atoms with E-state index in [4.69, 9.17) is 0 Å². The van der Waals surface area contributed by atoms with Gasteiger partial charge in [0.05, 0.1) is 18.8 Å². The van der Waals surface area contributed by atoms with Gasteiger partial charge in [0.1, 0.15) is 0 Å². The van der Waals surface area contributed by atoms with Crippen LogP contribution in [-0.2, 0) is 11.3 Å². The number of carbonyl (C=O) groups excluding carboxylic acids is 2. The van der Waals surface area contributed by atoms with E-state index in [9.17, 15) is 9.59 Å². The number of allylic oxidation sites excluding steroid dienone is 1. The first-order chi connectivity index (χ1) is 11.6. The molecular formula is C16H21N5O2S. The Morgan fingerprint density at radius 1 is 1.50 bits per heavy atom. The first kappa shape index (κ1) is 17.9. The van der Waals surface area contributed by atoms with Gasteiger partial charge < -0.3 is 10.6 Å². The normalized spacial score (nSPS) is 11.7. The van der Waals surface area contributed by atoms with Crippen molar-refractivity contribution in [3.63, 3.8) is 0 Å². The second-order valence-corrected chi connectivity index (χ2v) is 6.23. The summed E-state index contributed by atoms with van der Waals surface area (Å²) in [6.07, 6.45) is 4.36. The molecule has 0 aliphatic carbocycles. The zero-order chi connectivity index (χ0) is 17.4. The van der Waals surface area contributed by atoms with E-state index in [0.29, 0.717) is 25.9 Å². The fourth-order valence-electron chi connectivity index (χ4n) is 2.02. The molecule has 0 radical (unpaired) electrons. The molecule has 2 heterocycles. The van der Waals surface area contributed by atoms with Gasteiger partial charge in [-0.25, -0.2) is 4.68 Å². The summed E-state index contributed by atoms with van der Waals surface area (Å²) in [5.74, 6) is -0.296. The summed E-state index contributed by atoms with van der Waals surface area (Å²) < 4.78 is 1.54. The van der Waals surface area contributed by atoms with E-state index in [1.54, 1.807) is 28.3 Å². The first-order valence-electron chi connectivity index (χ1n) is 7.72. The SMILES string of the molecule is C=CCCC(=O)NCCn1cc(C(=O)N[C@@H](C)c2cccs2)nn1. The van der Waals surface area contributed by atoms with Gasteiger partial charge in [0, 0.05) is 17.8 Å². The Morgan fingerprint density at radius 2 is 2.33 bits per heavy atom. The van der Waals surface area contributed by atoms with Crippen LogP contribution >= 0.6 is 11.3 Å². The van der Waals surface area contributed by atoms with Gasteiger partial charge in [-0.3, -0.25) is 9.59 Å². The third-order valence-electron chi connectivity index (χ3n) is 3.33. The molecule has 128 valence electrons. The zero-order valence-corrected chi connectivity index (χ0v) is 14.4. The van der Waals surface area contributed by atoms with Crippen LogP contribution in [0.5, 0.6) is 0 Å². The standard InChI is InChI=1S/C16H21N5O2S/c1-3-4-7-15(22)17-8-9-21-11-13(19-20-21)16(23)18-12(2)14-6-5-10-24-14/h3,5-6,10-12H,1,4,7-9H2,2H3,(H,17,22)(H,18,23)/t12-/m0/s1. The Labute approximate surface area is 144 Å². The highest BCUT2D eigenvalue weighted by atomic mass is 32.1. The Balaban J connectivity index is 1.78. The van der Waals surface area contributed by atoms with Gasteiger partial charge in [-0.2, -0.15) is 0 Å². The lowest BCUT2D eigenvalue weighted by Crippen LogP contribution is -2.27. The summed E-state index contributed by atoms with van der Waals surface area (Å²) in [4.78, 5) is 24.7. The van der Waals surface area contributed by atoms with E-state index in [2.05, 4.69) is 27.5 Å². The number of thiophene rings is 1. The molecule has 1 atom stereocenters. The lowest BCUT2D eigenvalue weighted by molar-refractivity contribution is -0.121. The Bertz CT molecular complexity index is 680. The molecule has 2 N–H and O–H groups in total. The molecule has 2 aromatic heterocycles. The summed E-state index contributed by atoms with van der Waals surface area (Å²) in [6.45, 7) is 6.40. The van der Waals surface area contributed by atoms with Crippen LogP contribution < -0.4 is 10.6 Å². The van der Waals surface area contributed by atoms with Crippen LogP contribution in [0, 0.1) is 0 Å². The van der Waals surface area contributed by atoms with Crippen molar-refractivity contribution in [2.75, 3.05) is 6.54 Å². The smallest absolute Gasteiger partial charge is 0.273 e. The van der Waals surface area contributed by atoms with Crippen molar-refractivity contribution >= 4 is 23.2 Å². The van der Waals surface area contributed by atoms with E-state index >= 15 is 0 Å². The van der Waals surface area contributed by atoms with E-state index in [1.807, 2.05) is 24.4 Å². The number of aromatic nitrogens is 3. The number of hydrogen-bond donors (Lipinski definition) is 2. The van der Waals surface area contributed by atoms with Gasteiger partial charge in [0.25, 0.3) is 5.91 Å². The predicted molar refractivity (Wildman–Crippen MR) is 92.7 cm³/mol. The van der Waals surface area contributed by atoms with Crippen LogP contribution in [0.15, 0.2) is 36.4 Å².